The molecule has 0 heterocycles. The lowest BCUT2D eigenvalue weighted by Gasteiger charge is -2.08. The third-order valence-electron chi connectivity index (χ3n) is 2.23. The molecule has 0 N–H and O–H groups in total. The highest BCUT2D eigenvalue weighted by molar-refractivity contribution is 7.96. The van der Waals surface area contributed by atoms with Gasteiger partial charge in [-0.05, 0) is 25.1 Å². The van der Waals surface area contributed by atoms with E-state index >= 15 is 0 Å². The smallest absolute Gasteiger partial charge is 0.353 e. The molecule has 0 saturated heterocycles. The van der Waals surface area contributed by atoms with E-state index in [2.05, 4.69) is 4.74 Å². The monoisotopic (exact) mass is 338 g/mol. The highest BCUT2D eigenvalue weighted by Crippen LogP contribution is 2.28. The number of methoxy groups -OCH3 is 1. The molecule has 1 aromatic rings. The van der Waals surface area contributed by atoms with Crippen molar-refractivity contribution in [3.05, 3.63) is 39.4 Å². The number of halogens is 2. The van der Waals surface area contributed by atoms with Crippen molar-refractivity contribution in [3.63, 3.8) is 0 Å². The molecule has 1 rings (SSSR count). The van der Waals surface area contributed by atoms with Gasteiger partial charge in [0.15, 0.2) is 4.91 Å². The van der Waals surface area contributed by atoms with E-state index in [-0.39, 0.29) is 21.5 Å². The molecule has 5 nitrogen and oxygen atoms in total. The molecule has 1 aromatic carbocycles. The Kier molecular flexibility index (Phi) is 5.86. The normalized spacial score (nSPS) is 12.1. The fraction of sp³-hybridized carbons (Fsp3) is 0.250. The Morgan fingerprint density at radius 3 is 2.45 bits per heavy atom. The second-order valence-electron chi connectivity index (χ2n) is 3.51. The Bertz CT molecular complexity index is 637. The van der Waals surface area contributed by atoms with Gasteiger partial charge in [-0.25, -0.2) is 13.2 Å². The molecule has 0 unspecified atom stereocenters. The Labute approximate surface area is 127 Å². The van der Waals surface area contributed by atoms with Gasteiger partial charge in [0.25, 0.3) is 0 Å². The number of esters is 1. The van der Waals surface area contributed by atoms with Crippen LogP contribution in [0.5, 0.6) is 0 Å². The standard InChI is InChI=1S/C12H12Cl2O5S/c1-3-19-7-11(12(15)18-2)20(16,17)8-4-5-9(13)10(14)6-8/h4-7H,3H2,1-2H3. The molecule has 8 heteroatoms. The van der Waals surface area contributed by atoms with Gasteiger partial charge >= 0.3 is 5.97 Å². The number of rotatable bonds is 5. The largest absolute Gasteiger partial charge is 0.500 e. The molecule has 0 radical (unpaired) electrons. The second kappa shape index (κ2) is 6.97. The Hall–Kier alpha value is -1.24. The maximum absolute atomic E-state index is 12.4. The topological polar surface area (TPSA) is 69.7 Å². The van der Waals surface area contributed by atoms with E-state index in [1.807, 2.05) is 0 Å². The predicted molar refractivity (Wildman–Crippen MR) is 75.4 cm³/mol. The molecular formula is C12H12Cl2O5S. The summed E-state index contributed by atoms with van der Waals surface area (Å²) in [6.45, 7) is 1.86. The quantitative estimate of drug-likeness (QED) is 0.469. The minimum atomic E-state index is -4.11. The van der Waals surface area contributed by atoms with Crippen LogP contribution >= 0.6 is 23.2 Å². The summed E-state index contributed by atoms with van der Waals surface area (Å²) in [5.41, 5.74) is 0. The number of hydrogen-bond donors (Lipinski definition) is 0. The van der Waals surface area contributed by atoms with Crippen LogP contribution in [0.1, 0.15) is 6.92 Å². The van der Waals surface area contributed by atoms with E-state index in [1.165, 1.54) is 12.1 Å². The molecule has 0 aliphatic rings. The van der Waals surface area contributed by atoms with Gasteiger partial charge in [-0.1, -0.05) is 23.2 Å². The number of carbonyl (C=O) groups excluding carboxylic acids is 1. The van der Waals surface area contributed by atoms with Crippen LogP contribution in [0.25, 0.3) is 0 Å². The summed E-state index contributed by atoms with van der Waals surface area (Å²) in [7, 11) is -3.03. The third kappa shape index (κ3) is 3.65. The molecule has 0 atom stereocenters. The van der Waals surface area contributed by atoms with Crippen molar-refractivity contribution in [2.24, 2.45) is 0 Å². The summed E-state index contributed by atoms with van der Waals surface area (Å²) in [5, 5.41) is 0.271. The molecule has 110 valence electrons. The summed E-state index contributed by atoms with van der Waals surface area (Å²) in [5.74, 6) is -1.02. The minimum Gasteiger partial charge on any atom is -0.500 e. The zero-order valence-corrected chi connectivity index (χ0v) is 13.1. The fourth-order valence-corrected chi connectivity index (χ4v) is 2.89. The van der Waals surface area contributed by atoms with E-state index in [1.54, 1.807) is 6.92 Å². The molecule has 0 aliphatic heterocycles. The molecular weight excluding hydrogens is 327 g/mol. The molecule has 0 fully saturated rings. The van der Waals surface area contributed by atoms with Crippen LogP contribution < -0.4 is 0 Å². The van der Waals surface area contributed by atoms with Crippen LogP contribution in [0.2, 0.25) is 10.0 Å². The van der Waals surface area contributed by atoms with Gasteiger partial charge in [0.05, 0.1) is 28.7 Å². The maximum Gasteiger partial charge on any atom is 0.353 e. The summed E-state index contributed by atoms with van der Waals surface area (Å²) in [4.78, 5) is 10.8. The first-order valence-corrected chi connectivity index (χ1v) is 7.68. The molecule has 0 saturated carbocycles. The first kappa shape index (κ1) is 16.8. The van der Waals surface area contributed by atoms with Crippen molar-refractivity contribution in [1.29, 1.82) is 0 Å². The lowest BCUT2D eigenvalue weighted by molar-refractivity contribution is -0.135. The third-order valence-corrected chi connectivity index (χ3v) is 4.69. The van der Waals surface area contributed by atoms with Gasteiger partial charge in [-0.15, -0.1) is 0 Å². The van der Waals surface area contributed by atoms with Gasteiger partial charge in [0.1, 0.15) is 6.26 Å². The lowest BCUT2D eigenvalue weighted by Crippen LogP contribution is -2.16. The average Bonchev–Trinajstić information content (AvgIpc) is 2.41. The molecule has 0 spiro atoms. The van der Waals surface area contributed by atoms with Crippen LogP contribution in [0.3, 0.4) is 0 Å². The van der Waals surface area contributed by atoms with Crippen molar-refractivity contribution in [3.8, 4) is 0 Å². The number of carbonyl (C=O) groups is 1. The Balaban J connectivity index is 3.36. The summed E-state index contributed by atoms with van der Waals surface area (Å²) in [6, 6.07) is 3.72. The second-order valence-corrected chi connectivity index (χ2v) is 6.24. The summed E-state index contributed by atoms with van der Waals surface area (Å²) >= 11 is 11.5. The van der Waals surface area contributed by atoms with E-state index in [9.17, 15) is 13.2 Å². The first-order chi connectivity index (χ1) is 9.34. The van der Waals surface area contributed by atoms with Gasteiger partial charge < -0.3 is 9.47 Å². The van der Waals surface area contributed by atoms with Gasteiger partial charge in [0, 0.05) is 0 Å². The fourth-order valence-electron chi connectivity index (χ4n) is 1.25. The van der Waals surface area contributed by atoms with Crippen LogP contribution in [0.15, 0.2) is 34.3 Å². The minimum absolute atomic E-state index is 0.0633. The molecule has 20 heavy (non-hydrogen) atoms. The number of benzene rings is 1. The van der Waals surface area contributed by atoms with E-state index in [0.717, 1.165) is 19.4 Å². The van der Waals surface area contributed by atoms with Crippen LogP contribution in [-0.2, 0) is 24.1 Å². The number of hydrogen-bond acceptors (Lipinski definition) is 5. The molecule has 0 aromatic heterocycles. The number of ether oxygens (including phenoxy) is 2. The highest BCUT2D eigenvalue weighted by atomic mass is 35.5. The zero-order chi connectivity index (χ0) is 15.3. The van der Waals surface area contributed by atoms with E-state index in [4.69, 9.17) is 27.9 Å². The van der Waals surface area contributed by atoms with Gasteiger partial charge in [-0.2, -0.15) is 0 Å². The van der Waals surface area contributed by atoms with Crippen LogP contribution in [-0.4, -0.2) is 28.1 Å². The van der Waals surface area contributed by atoms with E-state index in [0.29, 0.717) is 0 Å². The molecule has 0 amide bonds. The maximum atomic E-state index is 12.4. The summed E-state index contributed by atoms with van der Waals surface area (Å²) < 4.78 is 34.0. The van der Waals surface area contributed by atoms with Crippen molar-refractivity contribution < 1.29 is 22.7 Å². The van der Waals surface area contributed by atoms with Gasteiger partial charge in [0.2, 0.25) is 9.84 Å². The van der Waals surface area contributed by atoms with Crippen molar-refractivity contribution in [2.45, 2.75) is 11.8 Å². The summed E-state index contributed by atoms with van der Waals surface area (Å²) in [6.07, 6.45) is 0.851. The Morgan fingerprint density at radius 1 is 1.30 bits per heavy atom. The highest BCUT2D eigenvalue weighted by Gasteiger charge is 2.29. The van der Waals surface area contributed by atoms with Crippen molar-refractivity contribution in [1.82, 2.24) is 0 Å². The zero-order valence-electron chi connectivity index (χ0n) is 10.7. The average molecular weight is 339 g/mol. The van der Waals surface area contributed by atoms with Crippen LogP contribution in [0, 0.1) is 0 Å². The van der Waals surface area contributed by atoms with Crippen LogP contribution in [0.4, 0.5) is 0 Å². The first-order valence-electron chi connectivity index (χ1n) is 5.44. The van der Waals surface area contributed by atoms with Crippen molar-refractivity contribution >= 4 is 39.0 Å². The molecule has 0 aliphatic carbocycles. The lowest BCUT2D eigenvalue weighted by atomic mass is 10.4. The SMILES string of the molecule is CCOC=C(C(=O)OC)S(=O)(=O)c1ccc(Cl)c(Cl)c1. The number of sulfone groups is 1. The Morgan fingerprint density at radius 2 is 1.95 bits per heavy atom. The molecule has 0 bridgehead atoms. The van der Waals surface area contributed by atoms with Gasteiger partial charge in [-0.3, -0.25) is 0 Å². The predicted octanol–water partition coefficient (Wildman–Crippen LogP) is 2.82. The van der Waals surface area contributed by atoms with Crippen molar-refractivity contribution in [2.75, 3.05) is 13.7 Å². The van der Waals surface area contributed by atoms with E-state index < -0.39 is 20.7 Å².